The summed E-state index contributed by atoms with van der Waals surface area (Å²) in [5.41, 5.74) is 7.77. The van der Waals surface area contributed by atoms with E-state index < -0.39 is 0 Å². The Morgan fingerprint density at radius 3 is 2.75 bits per heavy atom. The van der Waals surface area contributed by atoms with E-state index in [2.05, 4.69) is 9.97 Å². The molecule has 2 saturated heterocycles. The molecular weight excluding hydrogens is 307 g/mol. The number of fused-ring (bicyclic) bond motifs is 4. The zero-order valence-electron chi connectivity index (χ0n) is 13.4. The van der Waals surface area contributed by atoms with Gasteiger partial charge in [0, 0.05) is 11.1 Å². The number of aryl methyl sites for hydroxylation is 1. The number of hydrogen-bond acceptors (Lipinski definition) is 5. The molecule has 0 unspecified atom stereocenters. The number of halogens is 1. The summed E-state index contributed by atoms with van der Waals surface area (Å²) in [6, 6.07) is 5.31. The van der Waals surface area contributed by atoms with Crippen molar-refractivity contribution in [1.82, 2.24) is 9.97 Å². The quantitative estimate of drug-likeness (QED) is 0.937. The first kappa shape index (κ1) is 15.4. The number of nitrogens with two attached hydrogens (primary N) is 1. The summed E-state index contributed by atoms with van der Waals surface area (Å²) in [6.45, 7) is 0.587. The van der Waals surface area contributed by atoms with E-state index in [4.69, 9.17) is 15.7 Å². The molecule has 2 aromatic rings. The third-order valence-electron chi connectivity index (χ3n) is 5.53. The lowest BCUT2D eigenvalue weighted by molar-refractivity contribution is -0.156. The van der Waals surface area contributed by atoms with E-state index in [1.807, 2.05) is 6.07 Å². The summed E-state index contributed by atoms with van der Waals surface area (Å²) < 4.78 is 20.4. The first-order valence-electron chi connectivity index (χ1n) is 8.30. The number of nitrogens with zero attached hydrogens (tertiary/aromatic N) is 3. The highest BCUT2D eigenvalue weighted by atomic mass is 19.1. The van der Waals surface area contributed by atoms with Gasteiger partial charge in [-0.25, -0.2) is 9.37 Å². The summed E-state index contributed by atoms with van der Waals surface area (Å²) in [6.07, 6.45) is 6.25. The molecule has 0 amide bonds. The van der Waals surface area contributed by atoms with Crippen LogP contribution in [-0.4, -0.2) is 27.7 Å². The van der Waals surface area contributed by atoms with Crippen molar-refractivity contribution in [3.05, 3.63) is 35.4 Å². The van der Waals surface area contributed by atoms with Gasteiger partial charge >= 0.3 is 0 Å². The molecule has 0 atom stereocenters. The standard InChI is InChI=1S/C18H19FN4O/c19-14-10-22-15-2-1-12(9-20)23-16(15)13(14)3-4-18-7-5-17(21,6-8-18)11-24-18/h1-2,10H,3-8,11,21H2. The maximum absolute atomic E-state index is 14.4. The van der Waals surface area contributed by atoms with E-state index >= 15 is 0 Å². The van der Waals surface area contributed by atoms with Crippen molar-refractivity contribution in [1.29, 1.82) is 5.26 Å². The number of nitriles is 1. The fourth-order valence-corrected chi connectivity index (χ4v) is 3.86. The summed E-state index contributed by atoms with van der Waals surface area (Å²) in [4.78, 5) is 8.33. The highest BCUT2D eigenvalue weighted by Crippen LogP contribution is 2.44. The summed E-state index contributed by atoms with van der Waals surface area (Å²) in [7, 11) is 0. The van der Waals surface area contributed by atoms with Crippen LogP contribution in [0.2, 0.25) is 0 Å². The predicted molar refractivity (Wildman–Crippen MR) is 86.6 cm³/mol. The van der Waals surface area contributed by atoms with Gasteiger partial charge in [-0.1, -0.05) is 0 Å². The Hall–Kier alpha value is -2.10. The van der Waals surface area contributed by atoms with Gasteiger partial charge < -0.3 is 10.5 Å². The summed E-state index contributed by atoms with van der Waals surface area (Å²) in [5, 5.41) is 9.04. The van der Waals surface area contributed by atoms with Gasteiger partial charge in [0.2, 0.25) is 0 Å². The van der Waals surface area contributed by atoms with E-state index in [1.54, 1.807) is 12.1 Å². The summed E-state index contributed by atoms with van der Waals surface area (Å²) >= 11 is 0. The number of ether oxygens (including phenoxy) is 1. The smallest absolute Gasteiger partial charge is 0.146 e. The minimum atomic E-state index is -0.374. The van der Waals surface area contributed by atoms with Crippen LogP contribution in [0.3, 0.4) is 0 Å². The van der Waals surface area contributed by atoms with Crippen molar-refractivity contribution in [3.63, 3.8) is 0 Å². The van der Waals surface area contributed by atoms with Crippen LogP contribution in [0.15, 0.2) is 18.3 Å². The molecule has 3 fully saturated rings. The molecule has 6 heteroatoms. The van der Waals surface area contributed by atoms with Crippen LogP contribution >= 0.6 is 0 Å². The molecular formula is C18H19FN4O. The fourth-order valence-electron chi connectivity index (χ4n) is 3.86. The Bertz CT molecular complexity index is 820. The summed E-state index contributed by atoms with van der Waals surface area (Å²) in [5.74, 6) is -0.374. The molecule has 0 aromatic carbocycles. The van der Waals surface area contributed by atoms with Gasteiger partial charge in [-0.15, -0.1) is 0 Å². The number of aromatic nitrogens is 2. The van der Waals surface area contributed by atoms with Gasteiger partial charge in [0.05, 0.1) is 29.4 Å². The number of hydrogen-bond donors (Lipinski definition) is 1. The largest absolute Gasteiger partial charge is 0.373 e. The number of pyridine rings is 2. The van der Waals surface area contributed by atoms with Crippen molar-refractivity contribution in [2.75, 3.05) is 6.61 Å². The van der Waals surface area contributed by atoms with Gasteiger partial charge in [-0.2, -0.15) is 5.26 Å². The molecule has 124 valence electrons. The molecule has 1 aliphatic carbocycles. The van der Waals surface area contributed by atoms with E-state index in [0.29, 0.717) is 29.6 Å². The van der Waals surface area contributed by atoms with Gasteiger partial charge in [0.15, 0.2) is 0 Å². The molecule has 24 heavy (non-hydrogen) atoms. The van der Waals surface area contributed by atoms with E-state index in [9.17, 15) is 4.39 Å². The minimum absolute atomic E-state index is 0.167. The Morgan fingerprint density at radius 2 is 2.08 bits per heavy atom. The molecule has 0 radical (unpaired) electrons. The van der Waals surface area contributed by atoms with E-state index in [-0.39, 0.29) is 22.7 Å². The lowest BCUT2D eigenvalue weighted by Crippen LogP contribution is -2.59. The molecule has 2 aromatic heterocycles. The predicted octanol–water partition coefficient (Wildman–Crippen LogP) is 2.61. The second-order valence-electron chi connectivity index (χ2n) is 7.09. The highest BCUT2D eigenvalue weighted by molar-refractivity contribution is 5.78. The average molecular weight is 326 g/mol. The zero-order valence-corrected chi connectivity index (χ0v) is 13.4. The molecule has 5 rings (SSSR count). The van der Waals surface area contributed by atoms with E-state index in [1.165, 1.54) is 6.20 Å². The van der Waals surface area contributed by atoms with Crippen molar-refractivity contribution in [2.45, 2.75) is 49.7 Å². The van der Waals surface area contributed by atoms with Gasteiger partial charge in [0.1, 0.15) is 17.6 Å². The fraction of sp³-hybridized carbons (Fsp3) is 0.500. The Morgan fingerprint density at radius 1 is 1.29 bits per heavy atom. The first-order chi connectivity index (χ1) is 11.5. The van der Waals surface area contributed by atoms with Crippen LogP contribution in [0.4, 0.5) is 4.39 Å². The highest BCUT2D eigenvalue weighted by Gasteiger charge is 2.47. The molecule has 4 heterocycles. The maximum Gasteiger partial charge on any atom is 0.146 e. The molecule has 3 aliphatic rings. The second-order valence-corrected chi connectivity index (χ2v) is 7.09. The Labute approximate surface area is 139 Å². The lowest BCUT2D eigenvalue weighted by Gasteiger charge is -2.51. The van der Waals surface area contributed by atoms with Crippen LogP contribution in [-0.2, 0) is 11.2 Å². The van der Waals surface area contributed by atoms with Crippen LogP contribution < -0.4 is 5.73 Å². The molecule has 2 bridgehead atoms. The Balaban J connectivity index is 1.63. The third-order valence-corrected chi connectivity index (χ3v) is 5.53. The van der Waals surface area contributed by atoms with Crippen LogP contribution in [0.1, 0.15) is 43.4 Å². The van der Waals surface area contributed by atoms with Gasteiger partial charge in [0.25, 0.3) is 0 Å². The molecule has 1 saturated carbocycles. The molecule has 2 N–H and O–H groups in total. The molecule has 5 nitrogen and oxygen atoms in total. The normalized spacial score (nSPS) is 28.9. The SMILES string of the molecule is N#Cc1ccc2ncc(F)c(CCC34CCC(N)(CC3)CO4)c2n1. The second kappa shape index (κ2) is 5.47. The molecule has 2 aliphatic heterocycles. The first-order valence-corrected chi connectivity index (χ1v) is 8.30. The number of rotatable bonds is 3. The van der Waals surface area contributed by atoms with E-state index in [0.717, 1.165) is 32.1 Å². The van der Waals surface area contributed by atoms with Crippen LogP contribution in [0, 0.1) is 17.1 Å². The maximum atomic E-state index is 14.4. The van der Waals surface area contributed by atoms with Crippen molar-refractivity contribution in [2.24, 2.45) is 5.73 Å². The van der Waals surface area contributed by atoms with Gasteiger partial charge in [-0.05, 0) is 50.7 Å². The molecule has 0 spiro atoms. The van der Waals surface area contributed by atoms with Crippen molar-refractivity contribution >= 4 is 11.0 Å². The van der Waals surface area contributed by atoms with Crippen LogP contribution in [0.25, 0.3) is 11.0 Å². The van der Waals surface area contributed by atoms with Gasteiger partial charge in [-0.3, -0.25) is 4.98 Å². The van der Waals surface area contributed by atoms with Crippen molar-refractivity contribution in [3.8, 4) is 6.07 Å². The lowest BCUT2D eigenvalue weighted by atomic mass is 9.70. The minimum Gasteiger partial charge on any atom is -0.373 e. The average Bonchev–Trinajstić information content (AvgIpc) is 2.62. The Kier molecular flexibility index (Phi) is 3.52. The van der Waals surface area contributed by atoms with Crippen molar-refractivity contribution < 1.29 is 9.13 Å². The topological polar surface area (TPSA) is 84.8 Å². The zero-order chi connectivity index (χ0) is 16.8. The third kappa shape index (κ3) is 2.54. The monoisotopic (exact) mass is 326 g/mol. The van der Waals surface area contributed by atoms with Crippen LogP contribution in [0.5, 0.6) is 0 Å².